The Balaban J connectivity index is 2.31. The minimum Gasteiger partial charge on any atom is -0.382 e. The third kappa shape index (κ3) is 6.00. The quantitative estimate of drug-likeness (QED) is 0.603. The molecule has 0 radical (unpaired) electrons. The van der Waals surface area contributed by atoms with Crippen LogP contribution in [0.1, 0.15) is 13.3 Å². The van der Waals surface area contributed by atoms with Crippen molar-refractivity contribution in [1.82, 2.24) is 5.32 Å². The van der Waals surface area contributed by atoms with Gasteiger partial charge in [-0.1, -0.05) is 11.6 Å². The lowest BCUT2D eigenvalue weighted by Gasteiger charge is -2.12. The van der Waals surface area contributed by atoms with Gasteiger partial charge in [-0.3, -0.25) is 0 Å². The molecule has 6 heteroatoms. The van der Waals surface area contributed by atoms with Gasteiger partial charge in [0.05, 0.1) is 5.69 Å². The number of hydrogen-bond donors (Lipinski definition) is 2. The molecule has 100 valence electrons. The molecule has 0 bridgehead atoms. The number of rotatable bonds is 6. The summed E-state index contributed by atoms with van der Waals surface area (Å²) in [5.74, 6) is 0. The van der Waals surface area contributed by atoms with Gasteiger partial charge in [0.2, 0.25) is 0 Å². The maximum absolute atomic E-state index is 5.87. The van der Waals surface area contributed by atoms with Gasteiger partial charge in [-0.25, -0.2) is 0 Å². The van der Waals surface area contributed by atoms with Crippen LogP contribution in [0.3, 0.4) is 0 Å². The fraction of sp³-hybridized carbons (Fsp3) is 0.417. The SMILES string of the molecule is CCOCCCNC(=S)Nc1ccc(Cl)cc1Br. The molecule has 3 nitrogen and oxygen atoms in total. The molecule has 1 aromatic carbocycles. The van der Waals surface area contributed by atoms with Crippen LogP contribution < -0.4 is 10.6 Å². The summed E-state index contributed by atoms with van der Waals surface area (Å²) in [4.78, 5) is 0. The molecule has 0 aliphatic heterocycles. The van der Waals surface area contributed by atoms with Crippen molar-refractivity contribution in [3.8, 4) is 0 Å². The number of thiocarbonyl (C=S) groups is 1. The summed E-state index contributed by atoms with van der Waals surface area (Å²) in [6.07, 6.45) is 0.928. The first kappa shape index (κ1) is 15.7. The van der Waals surface area contributed by atoms with E-state index in [2.05, 4.69) is 26.6 Å². The first-order chi connectivity index (χ1) is 8.63. The molecule has 0 saturated carbocycles. The zero-order valence-electron chi connectivity index (χ0n) is 10.1. The topological polar surface area (TPSA) is 33.3 Å². The molecule has 18 heavy (non-hydrogen) atoms. The van der Waals surface area contributed by atoms with Crippen molar-refractivity contribution in [3.63, 3.8) is 0 Å². The van der Waals surface area contributed by atoms with Crippen LogP contribution in [-0.2, 0) is 4.74 Å². The van der Waals surface area contributed by atoms with Gasteiger partial charge in [-0.05, 0) is 59.7 Å². The minimum absolute atomic E-state index is 0.592. The zero-order chi connectivity index (χ0) is 13.4. The van der Waals surface area contributed by atoms with Gasteiger partial charge in [0.15, 0.2) is 5.11 Å². The van der Waals surface area contributed by atoms with Crippen molar-refractivity contribution in [1.29, 1.82) is 0 Å². The number of hydrogen-bond acceptors (Lipinski definition) is 2. The van der Waals surface area contributed by atoms with Crippen molar-refractivity contribution in [2.75, 3.05) is 25.1 Å². The van der Waals surface area contributed by atoms with Crippen LogP contribution in [0.2, 0.25) is 5.02 Å². The molecular weight excluding hydrogens is 336 g/mol. The van der Waals surface area contributed by atoms with Crippen molar-refractivity contribution in [3.05, 3.63) is 27.7 Å². The van der Waals surface area contributed by atoms with E-state index < -0.39 is 0 Å². The third-order valence-electron chi connectivity index (χ3n) is 2.13. The van der Waals surface area contributed by atoms with Gasteiger partial charge in [0, 0.05) is 29.3 Å². The Morgan fingerprint density at radius 3 is 2.94 bits per heavy atom. The van der Waals surface area contributed by atoms with E-state index in [1.54, 1.807) is 0 Å². The average Bonchev–Trinajstić information content (AvgIpc) is 2.32. The molecule has 0 spiro atoms. The van der Waals surface area contributed by atoms with Crippen LogP contribution in [-0.4, -0.2) is 24.9 Å². The molecule has 0 unspecified atom stereocenters. The Labute approximate surface area is 126 Å². The Hall–Kier alpha value is -0.360. The molecule has 0 heterocycles. The number of anilines is 1. The molecule has 0 fully saturated rings. The highest BCUT2D eigenvalue weighted by atomic mass is 79.9. The number of benzene rings is 1. The molecule has 0 aromatic heterocycles. The van der Waals surface area contributed by atoms with Crippen LogP contribution >= 0.6 is 39.7 Å². The fourth-order valence-electron chi connectivity index (χ4n) is 1.28. The molecule has 0 atom stereocenters. The summed E-state index contributed by atoms with van der Waals surface area (Å²) >= 11 is 14.5. The molecule has 1 rings (SSSR count). The largest absolute Gasteiger partial charge is 0.382 e. The maximum Gasteiger partial charge on any atom is 0.170 e. The van der Waals surface area contributed by atoms with Crippen molar-refractivity contribution in [2.24, 2.45) is 0 Å². The highest BCUT2D eigenvalue weighted by Gasteiger charge is 2.02. The molecule has 0 aliphatic carbocycles. The van der Waals surface area contributed by atoms with Crippen LogP contribution in [0.5, 0.6) is 0 Å². The van der Waals surface area contributed by atoms with Crippen molar-refractivity contribution >= 4 is 50.5 Å². The number of nitrogens with one attached hydrogen (secondary N) is 2. The van der Waals surface area contributed by atoms with E-state index in [4.69, 9.17) is 28.6 Å². The lowest BCUT2D eigenvalue weighted by molar-refractivity contribution is 0.146. The van der Waals surface area contributed by atoms with Crippen molar-refractivity contribution < 1.29 is 4.74 Å². The molecule has 0 aliphatic rings. The second-order valence-corrected chi connectivity index (χ2v) is 5.25. The van der Waals surface area contributed by atoms with E-state index in [1.807, 2.05) is 25.1 Å². The molecule has 2 N–H and O–H groups in total. The van der Waals surface area contributed by atoms with Gasteiger partial charge in [-0.2, -0.15) is 0 Å². The number of ether oxygens (including phenoxy) is 1. The molecule has 0 saturated heterocycles. The van der Waals surface area contributed by atoms with Gasteiger partial charge in [0.1, 0.15) is 0 Å². The summed E-state index contributed by atoms with van der Waals surface area (Å²) < 4.78 is 6.12. The zero-order valence-corrected chi connectivity index (χ0v) is 13.3. The number of halogens is 2. The van der Waals surface area contributed by atoms with E-state index in [1.165, 1.54) is 0 Å². The predicted octanol–water partition coefficient (Wildman–Crippen LogP) is 3.82. The summed E-state index contributed by atoms with van der Waals surface area (Å²) in [5, 5.41) is 7.50. The standard InChI is InChI=1S/C12H16BrClN2OS/c1-2-17-7-3-6-15-12(18)16-11-5-4-9(14)8-10(11)13/h4-5,8H,2-3,6-7H2,1H3,(H2,15,16,18). The van der Waals surface area contributed by atoms with Gasteiger partial charge in [-0.15, -0.1) is 0 Å². The van der Waals surface area contributed by atoms with Crippen LogP contribution in [0.15, 0.2) is 22.7 Å². The Kier molecular flexibility index (Phi) is 7.58. The third-order valence-corrected chi connectivity index (χ3v) is 3.27. The molecule has 0 amide bonds. The second kappa shape index (κ2) is 8.69. The van der Waals surface area contributed by atoms with Crippen molar-refractivity contribution in [2.45, 2.75) is 13.3 Å². The monoisotopic (exact) mass is 350 g/mol. The van der Waals surface area contributed by atoms with E-state index in [0.717, 1.165) is 36.3 Å². The summed E-state index contributed by atoms with van der Waals surface area (Å²) in [5.41, 5.74) is 0.890. The first-order valence-electron chi connectivity index (χ1n) is 5.71. The van der Waals surface area contributed by atoms with E-state index in [9.17, 15) is 0 Å². The predicted molar refractivity (Wildman–Crippen MR) is 84.5 cm³/mol. The van der Waals surface area contributed by atoms with E-state index >= 15 is 0 Å². The Bertz CT molecular complexity index is 404. The van der Waals surface area contributed by atoms with Gasteiger partial charge in [0.25, 0.3) is 0 Å². The highest BCUT2D eigenvalue weighted by molar-refractivity contribution is 9.10. The van der Waals surface area contributed by atoms with Crippen LogP contribution in [0.4, 0.5) is 5.69 Å². The summed E-state index contributed by atoms with van der Waals surface area (Å²) in [6, 6.07) is 5.51. The molecule has 1 aromatic rings. The lowest BCUT2D eigenvalue weighted by atomic mass is 10.3. The maximum atomic E-state index is 5.87. The van der Waals surface area contributed by atoms with Crippen LogP contribution in [0.25, 0.3) is 0 Å². The smallest absolute Gasteiger partial charge is 0.170 e. The summed E-state index contributed by atoms with van der Waals surface area (Å²) in [6.45, 7) is 4.27. The van der Waals surface area contributed by atoms with Gasteiger partial charge >= 0.3 is 0 Å². The lowest BCUT2D eigenvalue weighted by Crippen LogP contribution is -2.29. The Morgan fingerprint density at radius 1 is 1.50 bits per heavy atom. The first-order valence-corrected chi connectivity index (χ1v) is 7.29. The van der Waals surface area contributed by atoms with E-state index in [-0.39, 0.29) is 0 Å². The normalized spacial score (nSPS) is 10.2. The minimum atomic E-state index is 0.592. The van der Waals surface area contributed by atoms with Gasteiger partial charge < -0.3 is 15.4 Å². The average molecular weight is 352 g/mol. The second-order valence-electron chi connectivity index (χ2n) is 3.56. The fourth-order valence-corrected chi connectivity index (χ4v) is 2.27. The van der Waals surface area contributed by atoms with E-state index in [0.29, 0.717) is 10.1 Å². The highest BCUT2D eigenvalue weighted by Crippen LogP contribution is 2.25. The Morgan fingerprint density at radius 2 is 2.28 bits per heavy atom. The van der Waals surface area contributed by atoms with Crippen LogP contribution in [0, 0.1) is 0 Å². The summed E-state index contributed by atoms with van der Waals surface area (Å²) in [7, 11) is 0. The molecular formula is C12H16BrClN2OS.